The number of rotatable bonds is 4. The lowest BCUT2D eigenvalue weighted by molar-refractivity contribution is 0.0305. The largest absolute Gasteiger partial charge is 0.357 e. The molecule has 5 heteroatoms. The van der Waals surface area contributed by atoms with Crippen LogP contribution in [0.3, 0.4) is 0 Å². The first-order chi connectivity index (χ1) is 15.2. The topological polar surface area (TPSA) is 48.5 Å². The number of likely N-dealkylation sites (tertiary alicyclic amines) is 1. The molecule has 1 aliphatic carbocycles. The minimum absolute atomic E-state index is 0.0587. The van der Waals surface area contributed by atoms with Gasteiger partial charge in [-0.15, -0.1) is 0 Å². The molecule has 1 amide bonds. The zero-order valence-corrected chi connectivity index (χ0v) is 18.6. The molecule has 1 N–H and O–H groups in total. The number of carbonyl (C=O) groups excluding carboxylic acids is 1. The molecule has 5 rings (SSSR count). The summed E-state index contributed by atoms with van der Waals surface area (Å²) in [5.74, 6) is 1.03. The highest BCUT2D eigenvalue weighted by Gasteiger charge is 2.39. The molecule has 0 atom stereocenters. The molecule has 3 aliphatic rings. The van der Waals surface area contributed by atoms with E-state index in [0.717, 1.165) is 36.1 Å². The van der Waals surface area contributed by atoms with E-state index in [1.54, 1.807) is 7.05 Å². The first-order valence-electron chi connectivity index (χ1n) is 11.9. The number of benzene rings is 1. The summed E-state index contributed by atoms with van der Waals surface area (Å²) in [5.41, 5.74) is 3.42. The van der Waals surface area contributed by atoms with Gasteiger partial charge in [0.1, 0.15) is 5.82 Å². The van der Waals surface area contributed by atoms with Gasteiger partial charge in [-0.25, -0.2) is 4.98 Å². The predicted octanol–water partition coefficient (Wildman–Crippen LogP) is 4.34. The van der Waals surface area contributed by atoms with Crippen molar-refractivity contribution in [2.24, 2.45) is 5.41 Å². The van der Waals surface area contributed by atoms with Gasteiger partial charge in [0, 0.05) is 43.5 Å². The Kier molecular flexibility index (Phi) is 5.70. The van der Waals surface area contributed by atoms with Crippen molar-refractivity contribution in [2.75, 3.05) is 38.1 Å². The number of pyridine rings is 1. The average molecular weight is 419 g/mol. The average Bonchev–Trinajstić information content (AvgIpc) is 2.80. The zero-order valence-electron chi connectivity index (χ0n) is 18.6. The number of piperidine rings is 2. The molecule has 2 aliphatic heterocycles. The van der Waals surface area contributed by atoms with Crippen LogP contribution in [0, 0.1) is 5.41 Å². The Morgan fingerprint density at radius 2 is 1.58 bits per heavy atom. The summed E-state index contributed by atoms with van der Waals surface area (Å²) in [7, 11) is 1.65. The Bertz CT molecular complexity index is 886. The van der Waals surface area contributed by atoms with E-state index >= 15 is 0 Å². The van der Waals surface area contributed by atoms with Crippen LogP contribution < -0.4 is 10.2 Å². The van der Waals surface area contributed by atoms with Crippen molar-refractivity contribution in [3.63, 3.8) is 0 Å². The zero-order chi connectivity index (χ0) is 21.3. The molecule has 3 fully saturated rings. The van der Waals surface area contributed by atoms with Gasteiger partial charge in [0.25, 0.3) is 5.91 Å². The number of hydrogen-bond acceptors (Lipinski definition) is 4. The molecule has 1 spiro atoms. The van der Waals surface area contributed by atoms with E-state index in [-0.39, 0.29) is 5.91 Å². The molecule has 1 aromatic carbocycles. The highest BCUT2D eigenvalue weighted by Crippen LogP contribution is 2.43. The van der Waals surface area contributed by atoms with Crippen LogP contribution >= 0.6 is 0 Å². The number of aromatic nitrogens is 1. The fourth-order valence-corrected chi connectivity index (χ4v) is 5.53. The molecule has 0 radical (unpaired) electrons. The number of nitrogens with zero attached hydrogens (tertiary/aromatic N) is 3. The number of carbonyl (C=O) groups is 1. The summed E-state index contributed by atoms with van der Waals surface area (Å²) in [6.07, 6.45) is 11.6. The van der Waals surface area contributed by atoms with E-state index in [4.69, 9.17) is 4.98 Å². The summed E-state index contributed by atoms with van der Waals surface area (Å²) in [4.78, 5) is 21.7. The van der Waals surface area contributed by atoms with Gasteiger partial charge < -0.3 is 15.1 Å². The lowest BCUT2D eigenvalue weighted by atomic mass is 9.70. The molecule has 164 valence electrons. The lowest BCUT2D eigenvalue weighted by Crippen LogP contribution is -2.51. The van der Waals surface area contributed by atoms with E-state index < -0.39 is 0 Å². The normalized spacial score (nSPS) is 21.6. The molecular formula is C26H34N4O. The highest BCUT2D eigenvalue weighted by atomic mass is 16.1. The number of anilines is 1. The summed E-state index contributed by atoms with van der Waals surface area (Å²) in [6.45, 7) is 4.87. The van der Waals surface area contributed by atoms with Gasteiger partial charge in [-0.1, -0.05) is 18.6 Å². The van der Waals surface area contributed by atoms with Crippen LogP contribution in [0.5, 0.6) is 0 Å². The molecular weight excluding hydrogens is 384 g/mol. The molecule has 1 saturated carbocycles. The fourth-order valence-electron chi connectivity index (χ4n) is 5.53. The van der Waals surface area contributed by atoms with E-state index in [9.17, 15) is 4.79 Å². The van der Waals surface area contributed by atoms with Crippen molar-refractivity contribution in [1.82, 2.24) is 15.2 Å². The molecule has 2 saturated heterocycles. The summed E-state index contributed by atoms with van der Waals surface area (Å²) >= 11 is 0. The molecule has 0 unspecified atom stereocenters. The standard InChI is InChI=1S/C26H34N4O/c1-27-25(31)21-7-5-20(6-8-21)22-9-10-24(28-19-22)30-17-13-26(14-18-30)11-15-29(16-12-26)23-3-2-4-23/h5-10,19,23H,2-4,11-18H2,1H3,(H,27,31). The van der Waals surface area contributed by atoms with Crippen LogP contribution in [0.4, 0.5) is 5.82 Å². The Labute approximate surface area is 185 Å². The van der Waals surface area contributed by atoms with Crippen molar-refractivity contribution >= 4 is 11.7 Å². The summed E-state index contributed by atoms with van der Waals surface area (Å²) in [5, 5.41) is 2.66. The molecule has 31 heavy (non-hydrogen) atoms. The van der Waals surface area contributed by atoms with Crippen LogP contribution in [-0.4, -0.2) is 55.1 Å². The second-order valence-corrected chi connectivity index (χ2v) is 9.67. The first-order valence-corrected chi connectivity index (χ1v) is 11.9. The SMILES string of the molecule is CNC(=O)c1ccc(-c2ccc(N3CCC4(CC3)CCN(C3CCC3)CC4)nc2)cc1. The molecule has 2 aromatic rings. The van der Waals surface area contributed by atoms with Crippen molar-refractivity contribution in [3.05, 3.63) is 48.2 Å². The van der Waals surface area contributed by atoms with Gasteiger partial charge in [-0.2, -0.15) is 0 Å². The summed E-state index contributed by atoms with van der Waals surface area (Å²) < 4.78 is 0. The maximum Gasteiger partial charge on any atom is 0.251 e. The Balaban J connectivity index is 1.17. The number of nitrogens with one attached hydrogen (secondary N) is 1. The van der Waals surface area contributed by atoms with Crippen LogP contribution in [0.2, 0.25) is 0 Å². The Morgan fingerprint density at radius 1 is 0.935 bits per heavy atom. The van der Waals surface area contributed by atoms with Crippen LogP contribution in [-0.2, 0) is 0 Å². The first kappa shape index (κ1) is 20.5. The van der Waals surface area contributed by atoms with Gasteiger partial charge in [0.05, 0.1) is 0 Å². The van der Waals surface area contributed by atoms with E-state index in [1.165, 1.54) is 58.0 Å². The van der Waals surface area contributed by atoms with Crippen molar-refractivity contribution in [1.29, 1.82) is 0 Å². The lowest BCUT2D eigenvalue weighted by Gasteiger charge is -2.50. The maximum absolute atomic E-state index is 11.7. The second-order valence-electron chi connectivity index (χ2n) is 9.67. The van der Waals surface area contributed by atoms with Gasteiger partial charge in [0.15, 0.2) is 0 Å². The number of amides is 1. The van der Waals surface area contributed by atoms with Crippen LogP contribution in [0.15, 0.2) is 42.6 Å². The molecule has 1 aromatic heterocycles. The predicted molar refractivity (Wildman–Crippen MR) is 125 cm³/mol. The second kappa shape index (κ2) is 8.62. The number of hydrogen-bond donors (Lipinski definition) is 1. The van der Waals surface area contributed by atoms with Gasteiger partial charge in [0.2, 0.25) is 0 Å². The van der Waals surface area contributed by atoms with E-state index in [2.05, 4.69) is 27.2 Å². The molecule has 5 nitrogen and oxygen atoms in total. The summed E-state index contributed by atoms with van der Waals surface area (Å²) in [6, 6.07) is 12.9. The van der Waals surface area contributed by atoms with Crippen molar-refractivity contribution < 1.29 is 4.79 Å². The quantitative estimate of drug-likeness (QED) is 0.802. The third kappa shape index (κ3) is 4.20. The fraction of sp³-hybridized carbons (Fsp3) is 0.538. The Morgan fingerprint density at radius 3 is 2.13 bits per heavy atom. The molecule has 3 heterocycles. The van der Waals surface area contributed by atoms with Crippen LogP contribution in [0.25, 0.3) is 11.1 Å². The van der Waals surface area contributed by atoms with Gasteiger partial charge in [-0.05, 0) is 86.9 Å². The smallest absolute Gasteiger partial charge is 0.251 e. The Hall–Kier alpha value is -2.40. The van der Waals surface area contributed by atoms with E-state index in [0.29, 0.717) is 11.0 Å². The molecule has 0 bridgehead atoms. The minimum atomic E-state index is -0.0587. The monoisotopic (exact) mass is 418 g/mol. The van der Waals surface area contributed by atoms with Gasteiger partial charge in [-0.3, -0.25) is 4.79 Å². The highest BCUT2D eigenvalue weighted by molar-refractivity contribution is 5.94. The third-order valence-corrected chi connectivity index (χ3v) is 8.05. The third-order valence-electron chi connectivity index (χ3n) is 8.05. The van der Waals surface area contributed by atoms with Crippen molar-refractivity contribution in [3.8, 4) is 11.1 Å². The van der Waals surface area contributed by atoms with Crippen LogP contribution in [0.1, 0.15) is 55.3 Å². The van der Waals surface area contributed by atoms with Crippen molar-refractivity contribution in [2.45, 2.75) is 51.0 Å². The van der Waals surface area contributed by atoms with E-state index in [1.807, 2.05) is 30.5 Å². The minimum Gasteiger partial charge on any atom is -0.357 e. The van der Waals surface area contributed by atoms with Gasteiger partial charge >= 0.3 is 0 Å². The maximum atomic E-state index is 11.7.